The quantitative estimate of drug-likeness (QED) is 0.595. The van der Waals surface area contributed by atoms with Crippen LogP contribution in [0, 0.1) is 5.82 Å². The number of nitrogens with one attached hydrogen (secondary N) is 1. The number of hydrogen-bond acceptors (Lipinski definition) is 5. The van der Waals surface area contributed by atoms with Crippen LogP contribution in [0.3, 0.4) is 0 Å². The molecule has 0 bridgehead atoms. The highest BCUT2D eigenvalue weighted by molar-refractivity contribution is 5.76. The van der Waals surface area contributed by atoms with E-state index >= 15 is 0 Å². The summed E-state index contributed by atoms with van der Waals surface area (Å²) in [7, 11) is 0. The third kappa shape index (κ3) is 5.23. The van der Waals surface area contributed by atoms with E-state index in [4.69, 9.17) is 9.15 Å². The van der Waals surface area contributed by atoms with Gasteiger partial charge in [-0.05, 0) is 49.4 Å². The fourth-order valence-corrected chi connectivity index (χ4v) is 3.52. The molecular weight excluding hydrogens is 385 g/mol. The first-order chi connectivity index (χ1) is 14.7. The number of amides is 1. The van der Waals surface area contributed by atoms with Gasteiger partial charge in [0.05, 0.1) is 11.8 Å². The van der Waals surface area contributed by atoms with Gasteiger partial charge in [0.1, 0.15) is 11.9 Å². The molecule has 1 N–H and O–H groups in total. The zero-order valence-electron chi connectivity index (χ0n) is 16.6. The van der Waals surface area contributed by atoms with E-state index in [0.29, 0.717) is 36.1 Å². The lowest BCUT2D eigenvalue weighted by Gasteiger charge is -2.12. The molecule has 4 rings (SSSR count). The minimum absolute atomic E-state index is 0.115. The molecule has 3 aromatic rings. The van der Waals surface area contributed by atoms with Crippen molar-refractivity contribution < 1.29 is 18.3 Å². The summed E-state index contributed by atoms with van der Waals surface area (Å²) >= 11 is 0. The van der Waals surface area contributed by atoms with Crippen LogP contribution in [0.5, 0.6) is 5.88 Å². The molecule has 0 aliphatic heterocycles. The number of benzene rings is 1. The third-order valence-electron chi connectivity index (χ3n) is 5.14. The van der Waals surface area contributed by atoms with Crippen molar-refractivity contribution >= 4 is 5.91 Å². The molecular formula is C23H24FN3O3. The summed E-state index contributed by atoms with van der Waals surface area (Å²) in [5, 5.41) is 2.89. The van der Waals surface area contributed by atoms with Gasteiger partial charge in [-0.1, -0.05) is 12.1 Å². The maximum Gasteiger partial charge on any atom is 0.220 e. The molecule has 2 heterocycles. The van der Waals surface area contributed by atoms with Gasteiger partial charge >= 0.3 is 0 Å². The van der Waals surface area contributed by atoms with Gasteiger partial charge in [-0.2, -0.15) is 0 Å². The van der Waals surface area contributed by atoms with E-state index in [9.17, 15) is 9.18 Å². The first-order valence-electron chi connectivity index (χ1n) is 10.3. The summed E-state index contributed by atoms with van der Waals surface area (Å²) in [6.45, 7) is 0.397. The zero-order valence-corrected chi connectivity index (χ0v) is 16.6. The molecule has 0 radical (unpaired) electrons. The average molecular weight is 409 g/mol. The van der Waals surface area contributed by atoms with Gasteiger partial charge in [-0.3, -0.25) is 4.79 Å². The van der Waals surface area contributed by atoms with Gasteiger partial charge in [0.2, 0.25) is 11.8 Å². The summed E-state index contributed by atoms with van der Waals surface area (Å²) < 4.78 is 25.3. The predicted octanol–water partition coefficient (Wildman–Crippen LogP) is 4.45. The zero-order chi connectivity index (χ0) is 20.8. The molecule has 0 atom stereocenters. The highest BCUT2D eigenvalue weighted by atomic mass is 19.1. The molecule has 2 aromatic heterocycles. The molecule has 30 heavy (non-hydrogen) atoms. The Hall–Kier alpha value is -3.22. The van der Waals surface area contributed by atoms with Crippen LogP contribution in [0.2, 0.25) is 0 Å². The SMILES string of the molecule is O=C(CCc1ncc(-c2ccccc2F)o1)NCc1ccnc(OC2CCCC2)c1. The van der Waals surface area contributed by atoms with Crippen molar-refractivity contribution in [2.45, 2.75) is 51.2 Å². The number of ether oxygens (including phenoxy) is 1. The fourth-order valence-electron chi connectivity index (χ4n) is 3.52. The topological polar surface area (TPSA) is 77.3 Å². The van der Waals surface area contributed by atoms with Gasteiger partial charge < -0.3 is 14.5 Å². The van der Waals surface area contributed by atoms with Crippen molar-refractivity contribution in [3.8, 4) is 17.2 Å². The van der Waals surface area contributed by atoms with E-state index in [1.165, 1.54) is 25.1 Å². The first kappa shape index (κ1) is 20.1. The maximum absolute atomic E-state index is 13.8. The third-order valence-corrected chi connectivity index (χ3v) is 5.14. The highest BCUT2D eigenvalue weighted by Crippen LogP contribution is 2.24. The Morgan fingerprint density at radius 2 is 2.03 bits per heavy atom. The molecule has 7 heteroatoms. The number of carbonyl (C=O) groups is 1. The number of nitrogens with zero attached hydrogens (tertiary/aromatic N) is 2. The molecule has 1 aliphatic rings. The average Bonchev–Trinajstić information content (AvgIpc) is 3.44. The molecule has 1 aromatic carbocycles. The number of aromatic nitrogens is 2. The van der Waals surface area contributed by atoms with Crippen LogP contribution in [-0.2, 0) is 17.8 Å². The van der Waals surface area contributed by atoms with Crippen LogP contribution >= 0.6 is 0 Å². The Balaban J connectivity index is 1.25. The molecule has 0 unspecified atom stereocenters. The number of hydrogen-bond donors (Lipinski definition) is 1. The van der Waals surface area contributed by atoms with Crippen LogP contribution < -0.4 is 10.1 Å². The normalized spacial score (nSPS) is 14.0. The molecule has 1 fully saturated rings. The second-order valence-electron chi connectivity index (χ2n) is 7.40. The molecule has 156 valence electrons. The van der Waals surface area contributed by atoms with E-state index < -0.39 is 0 Å². The van der Waals surface area contributed by atoms with E-state index in [1.54, 1.807) is 24.4 Å². The van der Waals surface area contributed by atoms with Crippen LogP contribution in [0.15, 0.2) is 53.2 Å². The van der Waals surface area contributed by atoms with E-state index in [1.807, 2.05) is 12.1 Å². The smallest absolute Gasteiger partial charge is 0.220 e. The molecule has 6 nitrogen and oxygen atoms in total. The number of carbonyl (C=O) groups excluding carboxylic acids is 1. The van der Waals surface area contributed by atoms with E-state index in [0.717, 1.165) is 18.4 Å². The molecule has 0 spiro atoms. The lowest BCUT2D eigenvalue weighted by Crippen LogP contribution is -2.23. The predicted molar refractivity (Wildman–Crippen MR) is 109 cm³/mol. The minimum Gasteiger partial charge on any atom is -0.474 e. The summed E-state index contributed by atoms with van der Waals surface area (Å²) in [4.78, 5) is 20.6. The first-order valence-corrected chi connectivity index (χ1v) is 10.3. The monoisotopic (exact) mass is 409 g/mol. The van der Waals surface area contributed by atoms with Crippen LogP contribution in [0.4, 0.5) is 4.39 Å². The lowest BCUT2D eigenvalue weighted by atomic mass is 10.2. The van der Waals surface area contributed by atoms with Crippen molar-refractivity contribution in [1.29, 1.82) is 0 Å². The fraction of sp³-hybridized carbons (Fsp3) is 0.348. The maximum atomic E-state index is 13.8. The van der Waals surface area contributed by atoms with Gasteiger partial charge in [0, 0.05) is 31.6 Å². The Morgan fingerprint density at radius 1 is 1.20 bits per heavy atom. The number of halogens is 1. The largest absolute Gasteiger partial charge is 0.474 e. The van der Waals surface area contributed by atoms with Gasteiger partial charge in [-0.25, -0.2) is 14.4 Å². The lowest BCUT2D eigenvalue weighted by molar-refractivity contribution is -0.121. The van der Waals surface area contributed by atoms with Crippen molar-refractivity contribution in [3.63, 3.8) is 0 Å². The van der Waals surface area contributed by atoms with Crippen molar-refractivity contribution in [2.24, 2.45) is 0 Å². The molecule has 1 amide bonds. The summed E-state index contributed by atoms with van der Waals surface area (Å²) in [6.07, 6.45) is 8.54. The van der Waals surface area contributed by atoms with Crippen molar-refractivity contribution in [3.05, 3.63) is 66.1 Å². The van der Waals surface area contributed by atoms with Gasteiger partial charge in [0.15, 0.2) is 11.7 Å². The van der Waals surface area contributed by atoms with Crippen LogP contribution in [0.25, 0.3) is 11.3 Å². The van der Waals surface area contributed by atoms with E-state index in [2.05, 4.69) is 15.3 Å². The molecule has 1 aliphatic carbocycles. The summed E-state index contributed by atoms with van der Waals surface area (Å²) in [5.41, 5.74) is 1.29. The van der Waals surface area contributed by atoms with E-state index in [-0.39, 0.29) is 24.2 Å². The summed E-state index contributed by atoms with van der Waals surface area (Å²) in [5.74, 6) is 0.881. The number of rotatable bonds is 8. The summed E-state index contributed by atoms with van der Waals surface area (Å²) in [6, 6.07) is 10.1. The molecule has 0 saturated heterocycles. The van der Waals surface area contributed by atoms with Crippen molar-refractivity contribution in [2.75, 3.05) is 0 Å². The van der Waals surface area contributed by atoms with Crippen molar-refractivity contribution in [1.82, 2.24) is 15.3 Å². The highest BCUT2D eigenvalue weighted by Gasteiger charge is 2.17. The Morgan fingerprint density at radius 3 is 2.87 bits per heavy atom. The second kappa shape index (κ2) is 9.52. The Kier molecular flexibility index (Phi) is 6.37. The van der Waals surface area contributed by atoms with Gasteiger partial charge in [-0.15, -0.1) is 0 Å². The van der Waals surface area contributed by atoms with Crippen LogP contribution in [0.1, 0.15) is 43.6 Å². The van der Waals surface area contributed by atoms with Crippen LogP contribution in [-0.4, -0.2) is 22.0 Å². The standard InChI is InChI=1S/C23H24FN3O3/c24-19-8-4-3-7-18(19)20-15-27-22(30-20)10-9-21(28)26-14-16-11-12-25-23(13-16)29-17-5-1-2-6-17/h3-4,7-8,11-13,15,17H,1-2,5-6,9-10,14H2,(H,26,28). The Labute approximate surface area is 174 Å². The minimum atomic E-state index is -0.369. The Bertz CT molecular complexity index is 999. The second-order valence-corrected chi connectivity index (χ2v) is 7.40. The number of pyridine rings is 1. The molecule has 1 saturated carbocycles. The van der Waals surface area contributed by atoms with Gasteiger partial charge in [0.25, 0.3) is 0 Å². The number of oxazole rings is 1. The number of aryl methyl sites for hydroxylation is 1.